The quantitative estimate of drug-likeness (QED) is 0.746. The van der Waals surface area contributed by atoms with E-state index >= 15 is 0 Å². The van der Waals surface area contributed by atoms with Crippen LogP contribution >= 0.6 is 0 Å². The molecule has 0 bridgehead atoms. The van der Waals surface area contributed by atoms with Crippen molar-refractivity contribution in [3.05, 3.63) is 54.7 Å². The molecule has 7 heteroatoms. The summed E-state index contributed by atoms with van der Waals surface area (Å²) in [7, 11) is 0. The number of amides is 1. The number of nitrogens with one attached hydrogen (secondary N) is 1. The maximum atomic E-state index is 11.8. The third-order valence-corrected chi connectivity index (χ3v) is 4.98. The smallest absolute Gasteiger partial charge is 0.409 e. The van der Waals surface area contributed by atoms with Gasteiger partial charge in [-0.15, -0.1) is 0 Å². The molecule has 3 aromatic rings. The fraction of sp³-hybridized carbons (Fsp3) is 0.333. The van der Waals surface area contributed by atoms with E-state index in [1.807, 2.05) is 43.5 Å². The van der Waals surface area contributed by atoms with Crippen LogP contribution in [0.4, 0.5) is 4.79 Å². The number of hydrogen-bond acceptors (Lipinski definition) is 5. The Morgan fingerprint density at radius 2 is 1.86 bits per heavy atom. The van der Waals surface area contributed by atoms with E-state index in [-0.39, 0.29) is 6.09 Å². The number of imidazole rings is 1. The highest BCUT2D eigenvalue weighted by molar-refractivity contribution is 5.67. The Kier molecular flexibility index (Phi) is 5.32. The van der Waals surface area contributed by atoms with Gasteiger partial charge in [0, 0.05) is 48.7 Å². The summed E-state index contributed by atoms with van der Waals surface area (Å²) in [5.41, 5.74) is 2.71. The van der Waals surface area contributed by atoms with Crippen molar-refractivity contribution in [2.75, 3.05) is 19.7 Å². The summed E-state index contributed by atoms with van der Waals surface area (Å²) >= 11 is 0. The molecule has 1 fully saturated rings. The van der Waals surface area contributed by atoms with Gasteiger partial charge in [0.25, 0.3) is 0 Å². The zero-order valence-electron chi connectivity index (χ0n) is 15.8. The summed E-state index contributed by atoms with van der Waals surface area (Å²) < 4.78 is 5.08. The molecular weight excluding hydrogens is 354 g/mol. The number of carbonyl (C=O) groups is 1. The number of H-pyrrole nitrogens is 1. The molecule has 7 nitrogen and oxygen atoms in total. The molecule has 28 heavy (non-hydrogen) atoms. The number of aromatic nitrogens is 4. The molecule has 144 valence electrons. The number of likely N-dealkylation sites (tertiary alicyclic amines) is 1. The third-order valence-electron chi connectivity index (χ3n) is 4.98. The number of rotatable bonds is 4. The number of benzene rings is 1. The lowest BCUT2D eigenvalue weighted by Gasteiger charge is -2.30. The van der Waals surface area contributed by atoms with Gasteiger partial charge in [0.1, 0.15) is 5.82 Å². The summed E-state index contributed by atoms with van der Waals surface area (Å²) in [6, 6.07) is 9.90. The SMILES string of the molecule is CCOC(=O)N1CCC(c2nc(-c3cnc(-c4ccccc4)nc3)c[nH]2)CC1. The second kappa shape index (κ2) is 8.21. The van der Waals surface area contributed by atoms with E-state index in [2.05, 4.69) is 15.0 Å². The first-order chi connectivity index (χ1) is 13.7. The summed E-state index contributed by atoms with van der Waals surface area (Å²) in [5, 5.41) is 0. The Labute approximate surface area is 163 Å². The maximum absolute atomic E-state index is 11.8. The molecule has 0 atom stereocenters. The van der Waals surface area contributed by atoms with Gasteiger partial charge >= 0.3 is 6.09 Å². The number of hydrogen-bond donors (Lipinski definition) is 1. The molecule has 0 saturated carbocycles. The van der Waals surface area contributed by atoms with Crippen LogP contribution in [0.25, 0.3) is 22.6 Å². The van der Waals surface area contributed by atoms with Gasteiger partial charge in [-0.25, -0.2) is 19.7 Å². The molecule has 0 unspecified atom stereocenters. The van der Waals surface area contributed by atoms with Crippen molar-refractivity contribution in [1.82, 2.24) is 24.8 Å². The summed E-state index contributed by atoms with van der Waals surface area (Å²) in [6.07, 6.45) is 7.02. The van der Waals surface area contributed by atoms with Crippen molar-refractivity contribution >= 4 is 6.09 Å². The van der Waals surface area contributed by atoms with E-state index in [1.54, 1.807) is 17.3 Å². The van der Waals surface area contributed by atoms with Crippen molar-refractivity contribution in [2.24, 2.45) is 0 Å². The standard InChI is InChI=1S/C21H23N5O2/c1-2-28-21(27)26-10-8-16(9-11-26)20-24-14-18(25-20)17-12-22-19(23-13-17)15-6-4-3-5-7-15/h3-7,12-14,16H,2,8-11H2,1H3,(H,24,25). The summed E-state index contributed by atoms with van der Waals surface area (Å²) in [4.78, 5) is 30.6. The average Bonchev–Trinajstić information content (AvgIpc) is 3.25. The topological polar surface area (TPSA) is 84.0 Å². The van der Waals surface area contributed by atoms with E-state index in [4.69, 9.17) is 9.72 Å². The van der Waals surface area contributed by atoms with E-state index in [1.165, 1.54) is 0 Å². The lowest BCUT2D eigenvalue weighted by atomic mass is 9.96. The Bertz CT molecular complexity index is 915. The minimum absolute atomic E-state index is 0.225. The average molecular weight is 377 g/mol. The molecule has 0 spiro atoms. The van der Waals surface area contributed by atoms with Gasteiger partial charge in [0.15, 0.2) is 5.82 Å². The second-order valence-corrected chi connectivity index (χ2v) is 6.79. The monoisotopic (exact) mass is 377 g/mol. The van der Waals surface area contributed by atoms with Crippen molar-refractivity contribution in [3.63, 3.8) is 0 Å². The lowest BCUT2D eigenvalue weighted by molar-refractivity contribution is 0.0966. The van der Waals surface area contributed by atoms with Crippen LogP contribution in [-0.4, -0.2) is 50.6 Å². The number of piperidine rings is 1. The normalized spacial score (nSPS) is 14.8. The summed E-state index contributed by atoms with van der Waals surface area (Å²) in [6.45, 7) is 3.61. The lowest BCUT2D eigenvalue weighted by Crippen LogP contribution is -2.38. The Morgan fingerprint density at radius 1 is 1.14 bits per heavy atom. The van der Waals surface area contributed by atoms with Gasteiger partial charge in [-0.05, 0) is 19.8 Å². The fourth-order valence-electron chi connectivity index (χ4n) is 3.44. The van der Waals surface area contributed by atoms with Gasteiger partial charge in [0.05, 0.1) is 12.3 Å². The van der Waals surface area contributed by atoms with Crippen LogP contribution in [0.1, 0.15) is 31.5 Å². The zero-order chi connectivity index (χ0) is 19.3. The third kappa shape index (κ3) is 3.88. The minimum Gasteiger partial charge on any atom is -0.450 e. The van der Waals surface area contributed by atoms with Gasteiger partial charge < -0.3 is 14.6 Å². The molecule has 1 saturated heterocycles. The molecule has 2 aromatic heterocycles. The minimum atomic E-state index is -0.225. The predicted octanol–water partition coefficient (Wildman–Crippen LogP) is 3.87. The molecule has 1 N–H and O–H groups in total. The van der Waals surface area contributed by atoms with Crippen LogP contribution in [0, 0.1) is 0 Å². The Hall–Kier alpha value is -3.22. The molecule has 0 radical (unpaired) electrons. The Balaban J connectivity index is 1.42. The molecule has 4 rings (SSSR count). The number of nitrogens with zero attached hydrogens (tertiary/aromatic N) is 4. The highest BCUT2D eigenvalue weighted by Gasteiger charge is 2.26. The van der Waals surface area contributed by atoms with Gasteiger partial charge in [-0.2, -0.15) is 0 Å². The summed E-state index contributed by atoms with van der Waals surface area (Å²) in [5.74, 6) is 1.96. The Morgan fingerprint density at radius 3 is 2.54 bits per heavy atom. The van der Waals surface area contributed by atoms with Crippen LogP contribution < -0.4 is 0 Å². The molecule has 1 aliphatic heterocycles. The first-order valence-corrected chi connectivity index (χ1v) is 9.59. The van der Waals surface area contributed by atoms with Gasteiger partial charge in [-0.1, -0.05) is 30.3 Å². The van der Waals surface area contributed by atoms with Crippen LogP contribution in [0.3, 0.4) is 0 Å². The highest BCUT2D eigenvalue weighted by atomic mass is 16.6. The van der Waals surface area contributed by atoms with E-state index in [0.717, 1.165) is 35.5 Å². The first kappa shape index (κ1) is 18.2. The van der Waals surface area contributed by atoms with E-state index in [0.29, 0.717) is 31.4 Å². The fourth-order valence-corrected chi connectivity index (χ4v) is 3.44. The molecule has 1 aromatic carbocycles. The van der Waals surface area contributed by atoms with E-state index < -0.39 is 0 Å². The van der Waals surface area contributed by atoms with Crippen molar-refractivity contribution in [3.8, 4) is 22.6 Å². The first-order valence-electron chi connectivity index (χ1n) is 9.59. The maximum Gasteiger partial charge on any atom is 0.409 e. The van der Waals surface area contributed by atoms with Crippen molar-refractivity contribution < 1.29 is 9.53 Å². The predicted molar refractivity (Wildman–Crippen MR) is 106 cm³/mol. The molecular formula is C21H23N5O2. The van der Waals surface area contributed by atoms with Crippen molar-refractivity contribution in [1.29, 1.82) is 0 Å². The van der Waals surface area contributed by atoms with Crippen LogP contribution in [0.5, 0.6) is 0 Å². The number of ether oxygens (including phenoxy) is 1. The van der Waals surface area contributed by atoms with Crippen LogP contribution in [0.15, 0.2) is 48.9 Å². The number of carbonyl (C=O) groups excluding carboxylic acids is 1. The zero-order valence-corrected chi connectivity index (χ0v) is 15.8. The van der Waals surface area contributed by atoms with Crippen LogP contribution in [0.2, 0.25) is 0 Å². The van der Waals surface area contributed by atoms with Gasteiger partial charge in [0.2, 0.25) is 0 Å². The number of aromatic amines is 1. The molecule has 1 aliphatic rings. The van der Waals surface area contributed by atoms with E-state index in [9.17, 15) is 4.79 Å². The highest BCUT2D eigenvalue weighted by Crippen LogP contribution is 2.28. The molecule has 1 amide bonds. The molecule has 0 aliphatic carbocycles. The second-order valence-electron chi connectivity index (χ2n) is 6.79. The van der Waals surface area contributed by atoms with Gasteiger partial charge in [-0.3, -0.25) is 0 Å². The largest absolute Gasteiger partial charge is 0.450 e. The van der Waals surface area contributed by atoms with Crippen molar-refractivity contribution in [2.45, 2.75) is 25.7 Å². The molecule has 3 heterocycles. The van der Waals surface area contributed by atoms with Crippen LogP contribution in [-0.2, 0) is 4.74 Å².